The molecule has 0 rings (SSSR count). The molecule has 19 heteroatoms. The van der Waals surface area contributed by atoms with Crippen molar-refractivity contribution in [2.75, 3.05) is 39.6 Å². The van der Waals surface area contributed by atoms with Gasteiger partial charge in [0.1, 0.15) is 19.3 Å². The molecule has 0 aliphatic carbocycles. The van der Waals surface area contributed by atoms with Crippen LogP contribution in [-0.4, -0.2) is 96.7 Å². The number of hydrogen-bond acceptors (Lipinski definition) is 15. The van der Waals surface area contributed by atoms with Gasteiger partial charge in [-0.2, -0.15) is 0 Å². The summed E-state index contributed by atoms with van der Waals surface area (Å²) in [4.78, 5) is 73.0. The zero-order chi connectivity index (χ0) is 73.2. The Hall–Kier alpha value is -3.24. The smallest absolute Gasteiger partial charge is 0.462 e. The first-order chi connectivity index (χ1) is 48.7. The van der Waals surface area contributed by atoms with E-state index in [1.165, 1.54) is 135 Å². The summed E-state index contributed by atoms with van der Waals surface area (Å²) in [6.07, 6.45) is 73.3. The fourth-order valence-electron chi connectivity index (χ4n) is 11.3. The number of hydrogen-bond donors (Lipinski definition) is 3. The third kappa shape index (κ3) is 73.1. The summed E-state index contributed by atoms with van der Waals surface area (Å²) in [5.74, 6) is -2.17. The van der Waals surface area contributed by atoms with Crippen LogP contribution in [0.15, 0.2) is 60.8 Å². The van der Waals surface area contributed by atoms with E-state index in [4.69, 9.17) is 37.0 Å². The average molecular weight is 1460 g/mol. The van der Waals surface area contributed by atoms with Crippen molar-refractivity contribution >= 4 is 39.5 Å². The topological polar surface area (TPSA) is 237 Å². The molecular weight excluding hydrogens is 1310 g/mol. The quantitative estimate of drug-likeness (QED) is 0.0169. The standard InChI is InChI=1S/C81H148O17P2/c1-5-9-13-17-21-25-29-33-36-37-40-43-46-50-54-58-62-66-79(84)92-72-77(98-81(86)68-64-60-56-52-48-44-39-35-31-27-23-19-15-11-7-3)74-96-100(89,90)94-70-75(82)69-93-99(87,88)95-73-76(97-80(85)67-63-59-55-51-47-41-32-28-24-20-16-12-8-4)71-91-78(83)65-61-57-53-49-45-42-38-34-30-26-22-18-14-10-6-2/h9,13,21,25,28,32-33,35-36,39,75-77,82H,5-8,10-12,14-20,22-24,26-27,29-31,34,37-38,40-74H2,1-4H3,(H,87,88)(H,89,90)/b13-9-,25-21-,32-28-,36-33-,39-35-. The lowest BCUT2D eigenvalue weighted by Crippen LogP contribution is -2.30. The van der Waals surface area contributed by atoms with Crippen molar-refractivity contribution in [3.8, 4) is 0 Å². The van der Waals surface area contributed by atoms with Gasteiger partial charge >= 0.3 is 39.5 Å². The molecule has 0 aromatic rings. The normalized spacial score (nSPS) is 14.2. The van der Waals surface area contributed by atoms with Gasteiger partial charge in [0.05, 0.1) is 26.4 Å². The number of ether oxygens (including phenoxy) is 4. The molecule has 5 atom stereocenters. The van der Waals surface area contributed by atoms with Crippen LogP contribution in [0.2, 0.25) is 0 Å². The van der Waals surface area contributed by atoms with Crippen LogP contribution in [0.1, 0.15) is 374 Å². The molecule has 0 spiro atoms. The number of carbonyl (C=O) groups is 4. The number of allylic oxidation sites excluding steroid dienone is 10. The van der Waals surface area contributed by atoms with E-state index < -0.39 is 97.5 Å². The van der Waals surface area contributed by atoms with Crippen molar-refractivity contribution in [2.45, 2.75) is 393 Å². The second-order valence-corrected chi connectivity index (χ2v) is 30.2. The van der Waals surface area contributed by atoms with E-state index in [2.05, 4.69) is 88.5 Å². The Morgan fingerprint density at radius 2 is 0.520 bits per heavy atom. The minimum absolute atomic E-state index is 0.0865. The van der Waals surface area contributed by atoms with E-state index in [1.807, 2.05) is 0 Å². The summed E-state index contributed by atoms with van der Waals surface area (Å²) in [7, 11) is -9.94. The summed E-state index contributed by atoms with van der Waals surface area (Å²) in [6, 6.07) is 0. The Balaban J connectivity index is 5.32. The predicted octanol–water partition coefficient (Wildman–Crippen LogP) is 23.5. The lowest BCUT2D eigenvalue weighted by atomic mass is 10.0. The number of aliphatic hydroxyl groups excluding tert-OH is 1. The minimum atomic E-state index is -4.97. The maximum Gasteiger partial charge on any atom is 0.472 e. The first-order valence-corrected chi connectivity index (χ1v) is 43.5. The van der Waals surface area contributed by atoms with E-state index >= 15 is 0 Å². The Kier molecular flexibility index (Phi) is 71.6. The van der Waals surface area contributed by atoms with Crippen LogP contribution >= 0.6 is 15.6 Å². The lowest BCUT2D eigenvalue weighted by Gasteiger charge is -2.21. The van der Waals surface area contributed by atoms with E-state index in [9.17, 15) is 43.2 Å². The van der Waals surface area contributed by atoms with Gasteiger partial charge in [0.25, 0.3) is 0 Å². The Labute approximate surface area is 610 Å². The van der Waals surface area contributed by atoms with Gasteiger partial charge in [-0.25, -0.2) is 9.13 Å². The maximum atomic E-state index is 13.1. The Bertz CT molecular complexity index is 2130. The average Bonchev–Trinajstić information content (AvgIpc) is 1.06. The second kappa shape index (κ2) is 74.0. The summed E-state index contributed by atoms with van der Waals surface area (Å²) in [5.41, 5.74) is 0. The van der Waals surface area contributed by atoms with Crippen LogP contribution in [0.5, 0.6) is 0 Å². The van der Waals surface area contributed by atoms with Crippen LogP contribution in [-0.2, 0) is 65.4 Å². The molecule has 0 aliphatic rings. The molecule has 0 saturated carbocycles. The largest absolute Gasteiger partial charge is 0.472 e. The van der Waals surface area contributed by atoms with Crippen molar-refractivity contribution in [2.24, 2.45) is 0 Å². The molecule has 3 N–H and O–H groups in total. The molecule has 0 aromatic carbocycles. The molecule has 0 radical (unpaired) electrons. The highest BCUT2D eigenvalue weighted by atomic mass is 31.2. The molecule has 17 nitrogen and oxygen atoms in total. The van der Waals surface area contributed by atoms with Gasteiger partial charge in [0, 0.05) is 25.7 Å². The van der Waals surface area contributed by atoms with E-state index in [0.29, 0.717) is 25.7 Å². The molecule has 0 aliphatic heterocycles. The van der Waals surface area contributed by atoms with Gasteiger partial charge in [-0.15, -0.1) is 0 Å². The van der Waals surface area contributed by atoms with Crippen molar-refractivity contribution < 1.29 is 80.2 Å². The lowest BCUT2D eigenvalue weighted by molar-refractivity contribution is -0.161. The molecule has 584 valence electrons. The first kappa shape index (κ1) is 96.8. The van der Waals surface area contributed by atoms with Crippen molar-refractivity contribution in [1.29, 1.82) is 0 Å². The summed E-state index contributed by atoms with van der Waals surface area (Å²) < 4.78 is 68.6. The number of rotatable bonds is 77. The highest BCUT2D eigenvalue weighted by molar-refractivity contribution is 7.47. The molecule has 5 unspecified atom stereocenters. The van der Waals surface area contributed by atoms with Crippen LogP contribution in [0.25, 0.3) is 0 Å². The summed E-state index contributed by atoms with van der Waals surface area (Å²) in [6.45, 7) is 4.80. The van der Waals surface area contributed by atoms with Crippen LogP contribution in [0.4, 0.5) is 0 Å². The predicted molar refractivity (Wildman–Crippen MR) is 409 cm³/mol. The fraction of sp³-hybridized carbons (Fsp3) is 0.827. The minimum Gasteiger partial charge on any atom is -0.462 e. The highest BCUT2D eigenvalue weighted by Crippen LogP contribution is 2.45. The monoisotopic (exact) mass is 1460 g/mol. The molecule has 0 bridgehead atoms. The molecule has 0 aromatic heterocycles. The van der Waals surface area contributed by atoms with Gasteiger partial charge in [0.2, 0.25) is 0 Å². The molecule has 0 heterocycles. The van der Waals surface area contributed by atoms with Crippen molar-refractivity contribution in [3.63, 3.8) is 0 Å². The highest BCUT2D eigenvalue weighted by Gasteiger charge is 2.30. The zero-order valence-corrected chi connectivity index (χ0v) is 65.7. The number of esters is 4. The number of aliphatic hydroxyl groups is 1. The number of phosphoric acid groups is 2. The number of carbonyl (C=O) groups excluding carboxylic acids is 4. The molecule has 100 heavy (non-hydrogen) atoms. The molecule has 0 saturated heterocycles. The van der Waals surface area contributed by atoms with Gasteiger partial charge in [-0.05, 0) is 109 Å². The Morgan fingerprint density at radius 1 is 0.290 bits per heavy atom. The van der Waals surface area contributed by atoms with E-state index in [-0.39, 0.29) is 25.7 Å². The number of phosphoric ester groups is 2. The van der Waals surface area contributed by atoms with Crippen molar-refractivity contribution in [3.05, 3.63) is 60.8 Å². The maximum absolute atomic E-state index is 13.1. The summed E-state index contributed by atoms with van der Waals surface area (Å²) >= 11 is 0. The fourth-order valence-corrected chi connectivity index (χ4v) is 12.9. The van der Waals surface area contributed by atoms with Gasteiger partial charge in [-0.1, -0.05) is 300 Å². The van der Waals surface area contributed by atoms with Gasteiger partial charge in [-0.3, -0.25) is 37.3 Å². The van der Waals surface area contributed by atoms with Gasteiger partial charge < -0.3 is 33.8 Å². The van der Waals surface area contributed by atoms with Crippen LogP contribution in [0.3, 0.4) is 0 Å². The molecule has 0 fully saturated rings. The SMILES string of the molecule is CC/C=C\C/C=C\C/C=C\CCCCCCCCCC(=O)OCC(COP(=O)(O)OCC(O)COP(=O)(O)OCC(COC(=O)CCCCCCCCCCCCCCCCC)OC(=O)CCCCCCC/C=C\CCCCCC)OC(=O)CCCCCCC/C=C\CCCCCCCC. The van der Waals surface area contributed by atoms with E-state index in [0.717, 1.165) is 161 Å². The first-order valence-electron chi connectivity index (χ1n) is 40.5. The summed E-state index contributed by atoms with van der Waals surface area (Å²) in [5, 5.41) is 10.6. The number of unbranched alkanes of at least 4 members (excludes halogenated alkanes) is 41. The van der Waals surface area contributed by atoms with Crippen LogP contribution in [0, 0.1) is 0 Å². The second-order valence-electron chi connectivity index (χ2n) is 27.3. The zero-order valence-electron chi connectivity index (χ0n) is 63.9. The Morgan fingerprint density at radius 3 is 0.820 bits per heavy atom. The third-order valence-corrected chi connectivity index (χ3v) is 19.4. The van der Waals surface area contributed by atoms with Gasteiger partial charge in [0.15, 0.2) is 12.2 Å². The van der Waals surface area contributed by atoms with Crippen LogP contribution < -0.4 is 0 Å². The molecule has 0 amide bonds. The third-order valence-electron chi connectivity index (χ3n) is 17.5. The molecular formula is C81H148O17P2. The van der Waals surface area contributed by atoms with E-state index in [1.54, 1.807) is 0 Å². The van der Waals surface area contributed by atoms with Crippen molar-refractivity contribution in [1.82, 2.24) is 0 Å².